The molecule has 0 unspecified atom stereocenters. The summed E-state index contributed by atoms with van der Waals surface area (Å²) in [7, 11) is 0. The standard InChI is InChI=1S/C29H28FN5S/c1-22-5-2-3-6-25(22)20-34(29(36)33-27-14-12-26(30)13-15-27)16-4-7-28-18-32-21-35(28)19-24-10-8-23(17-31)9-11-24/h2-3,5-6,8-15,18,21H,4,7,16,19-20H2,1H3,(H,33,36). The Labute approximate surface area is 216 Å². The van der Waals surface area contributed by atoms with Crippen molar-refractivity contribution >= 4 is 23.0 Å². The van der Waals surface area contributed by atoms with E-state index in [9.17, 15) is 4.39 Å². The van der Waals surface area contributed by atoms with Crippen LogP contribution in [0.2, 0.25) is 0 Å². The summed E-state index contributed by atoms with van der Waals surface area (Å²) in [6.45, 7) is 4.25. The summed E-state index contributed by atoms with van der Waals surface area (Å²) in [5, 5.41) is 12.9. The third-order valence-electron chi connectivity index (χ3n) is 6.10. The van der Waals surface area contributed by atoms with Gasteiger partial charge in [0.2, 0.25) is 0 Å². The lowest BCUT2D eigenvalue weighted by Crippen LogP contribution is -2.35. The summed E-state index contributed by atoms with van der Waals surface area (Å²) in [4.78, 5) is 6.51. The Morgan fingerprint density at radius 2 is 1.83 bits per heavy atom. The van der Waals surface area contributed by atoms with Crippen molar-refractivity contribution < 1.29 is 4.39 Å². The zero-order chi connectivity index (χ0) is 25.3. The second-order valence-corrected chi connectivity index (χ2v) is 9.10. The van der Waals surface area contributed by atoms with Gasteiger partial charge in [-0.15, -0.1) is 0 Å². The molecule has 0 spiro atoms. The van der Waals surface area contributed by atoms with Gasteiger partial charge in [0.05, 0.1) is 18.0 Å². The molecule has 0 radical (unpaired) electrons. The van der Waals surface area contributed by atoms with Crippen LogP contribution in [-0.4, -0.2) is 26.1 Å². The van der Waals surface area contributed by atoms with Crippen molar-refractivity contribution in [3.05, 3.63) is 119 Å². The summed E-state index contributed by atoms with van der Waals surface area (Å²) >= 11 is 5.76. The normalized spacial score (nSPS) is 10.6. The smallest absolute Gasteiger partial charge is 0.173 e. The van der Waals surface area contributed by atoms with Gasteiger partial charge in [0.15, 0.2) is 5.11 Å². The molecule has 0 aliphatic rings. The number of nitriles is 1. The van der Waals surface area contributed by atoms with Crippen LogP contribution in [0.4, 0.5) is 10.1 Å². The number of rotatable bonds is 9. The lowest BCUT2D eigenvalue weighted by molar-refractivity contribution is 0.407. The van der Waals surface area contributed by atoms with Gasteiger partial charge in [-0.1, -0.05) is 36.4 Å². The maximum atomic E-state index is 13.3. The summed E-state index contributed by atoms with van der Waals surface area (Å²) in [6, 6.07) is 24.3. The van der Waals surface area contributed by atoms with Crippen LogP contribution in [0, 0.1) is 24.1 Å². The number of nitrogens with one attached hydrogen (secondary N) is 1. The van der Waals surface area contributed by atoms with Crippen LogP contribution in [-0.2, 0) is 19.5 Å². The van der Waals surface area contributed by atoms with Gasteiger partial charge in [-0.2, -0.15) is 5.26 Å². The first kappa shape index (κ1) is 25.1. The molecule has 36 heavy (non-hydrogen) atoms. The molecule has 7 heteroatoms. The second kappa shape index (κ2) is 12.1. The molecule has 4 aromatic rings. The first-order valence-corrected chi connectivity index (χ1v) is 12.3. The van der Waals surface area contributed by atoms with Gasteiger partial charge in [0.25, 0.3) is 0 Å². The predicted octanol–water partition coefficient (Wildman–Crippen LogP) is 6.08. The van der Waals surface area contributed by atoms with E-state index in [1.54, 1.807) is 12.1 Å². The monoisotopic (exact) mass is 497 g/mol. The molecule has 0 aliphatic carbocycles. The molecule has 1 N–H and O–H groups in total. The van der Waals surface area contributed by atoms with E-state index in [0.29, 0.717) is 23.8 Å². The lowest BCUT2D eigenvalue weighted by Gasteiger charge is -2.27. The molecule has 0 aliphatic heterocycles. The van der Waals surface area contributed by atoms with Crippen LogP contribution in [0.1, 0.15) is 34.4 Å². The molecule has 0 saturated heterocycles. The number of anilines is 1. The van der Waals surface area contributed by atoms with E-state index in [2.05, 4.69) is 44.9 Å². The Balaban J connectivity index is 1.42. The van der Waals surface area contributed by atoms with Gasteiger partial charge in [-0.05, 0) is 85.1 Å². The summed E-state index contributed by atoms with van der Waals surface area (Å²) < 4.78 is 15.5. The molecule has 0 fully saturated rings. The Kier molecular flexibility index (Phi) is 8.43. The van der Waals surface area contributed by atoms with Crippen molar-refractivity contribution in [2.45, 2.75) is 32.9 Å². The van der Waals surface area contributed by atoms with Gasteiger partial charge < -0.3 is 14.8 Å². The van der Waals surface area contributed by atoms with Crippen molar-refractivity contribution in [2.24, 2.45) is 0 Å². The fourth-order valence-corrected chi connectivity index (χ4v) is 4.29. The minimum Gasteiger partial charge on any atom is -0.345 e. The molecular weight excluding hydrogens is 469 g/mol. The van der Waals surface area contributed by atoms with Gasteiger partial charge >= 0.3 is 0 Å². The Morgan fingerprint density at radius 3 is 2.56 bits per heavy atom. The molecular formula is C29H28FN5S. The highest BCUT2D eigenvalue weighted by atomic mass is 32.1. The van der Waals surface area contributed by atoms with E-state index >= 15 is 0 Å². The number of hydrogen-bond acceptors (Lipinski definition) is 3. The molecule has 1 aromatic heterocycles. The van der Waals surface area contributed by atoms with Crippen molar-refractivity contribution in [3.8, 4) is 6.07 Å². The van der Waals surface area contributed by atoms with E-state index < -0.39 is 0 Å². The lowest BCUT2D eigenvalue weighted by atomic mass is 10.1. The van der Waals surface area contributed by atoms with Crippen LogP contribution in [0.3, 0.4) is 0 Å². The van der Waals surface area contributed by atoms with Crippen LogP contribution in [0.25, 0.3) is 0 Å². The zero-order valence-electron chi connectivity index (χ0n) is 20.2. The minimum atomic E-state index is -0.277. The van der Waals surface area contributed by atoms with E-state index in [4.69, 9.17) is 17.5 Å². The van der Waals surface area contributed by atoms with E-state index in [0.717, 1.165) is 36.3 Å². The number of thiocarbonyl (C=S) groups is 1. The molecule has 0 atom stereocenters. The molecule has 4 rings (SSSR count). The molecule has 5 nitrogen and oxygen atoms in total. The SMILES string of the molecule is Cc1ccccc1CN(CCCc1cncn1Cc1ccc(C#N)cc1)C(=S)Nc1ccc(F)cc1. The fourth-order valence-electron chi connectivity index (χ4n) is 4.01. The van der Waals surface area contributed by atoms with Crippen LogP contribution in [0.5, 0.6) is 0 Å². The number of benzene rings is 3. The molecule has 0 saturated carbocycles. The number of imidazole rings is 1. The van der Waals surface area contributed by atoms with Crippen LogP contribution >= 0.6 is 12.2 Å². The summed E-state index contributed by atoms with van der Waals surface area (Å²) in [5.74, 6) is -0.277. The first-order chi connectivity index (χ1) is 17.5. The van der Waals surface area contributed by atoms with Gasteiger partial charge in [0, 0.05) is 37.2 Å². The number of nitrogens with zero attached hydrogens (tertiary/aromatic N) is 4. The van der Waals surface area contributed by atoms with E-state index in [1.165, 1.54) is 23.3 Å². The zero-order valence-corrected chi connectivity index (χ0v) is 21.0. The first-order valence-electron chi connectivity index (χ1n) is 11.9. The Hall–Kier alpha value is -4.02. The quantitative estimate of drug-likeness (QED) is 0.284. The third kappa shape index (κ3) is 6.77. The van der Waals surface area contributed by atoms with Crippen LogP contribution in [0.15, 0.2) is 85.3 Å². The number of aromatic nitrogens is 2. The third-order valence-corrected chi connectivity index (χ3v) is 6.46. The number of halogens is 1. The highest BCUT2D eigenvalue weighted by Crippen LogP contribution is 2.16. The predicted molar refractivity (Wildman–Crippen MR) is 145 cm³/mol. The fraction of sp³-hybridized carbons (Fsp3) is 0.207. The number of aryl methyl sites for hydroxylation is 2. The van der Waals surface area contributed by atoms with Crippen LogP contribution < -0.4 is 5.32 Å². The average Bonchev–Trinajstić information content (AvgIpc) is 3.33. The highest BCUT2D eigenvalue weighted by molar-refractivity contribution is 7.80. The number of hydrogen-bond donors (Lipinski definition) is 1. The van der Waals surface area contributed by atoms with Crippen molar-refractivity contribution in [1.29, 1.82) is 5.26 Å². The van der Waals surface area contributed by atoms with Gasteiger partial charge in [-0.25, -0.2) is 9.37 Å². The van der Waals surface area contributed by atoms with E-state index in [-0.39, 0.29) is 5.82 Å². The average molecular weight is 498 g/mol. The Morgan fingerprint density at radius 1 is 1.08 bits per heavy atom. The van der Waals surface area contributed by atoms with E-state index in [1.807, 2.05) is 48.9 Å². The topological polar surface area (TPSA) is 56.9 Å². The van der Waals surface area contributed by atoms with Crippen molar-refractivity contribution in [1.82, 2.24) is 14.5 Å². The van der Waals surface area contributed by atoms with Gasteiger partial charge in [-0.3, -0.25) is 0 Å². The maximum absolute atomic E-state index is 13.3. The molecule has 0 amide bonds. The summed E-state index contributed by atoms with van der Waals surface area (Å²) in [6.07, 6.45) is 5.49. The van der Waals surface area contributed by atoms with Crippen molar-refractivity contribution in [2.75, 3.05) is 11.9 Å². The highest BCUT2D eigenvalue weighted by Gasteiger charge is 2.13. The molecule has 1 heterocycles. The Bertz CT molecular complexity index is 1340. The second-order valence-electron chi connectivity index (χ2n) is 8.71. The minimum absolute atomic E-state index is 0.277. The largest absolute Gasteiger partial charge is 0.345 e. The van der Waals surface area contributed by atoms with Gasteiger partial charge in [0.1, 0.15) is 5.82 Å². The molecule has 0 bridgehead atoms. The molecule has 3 aromatic carbocycles. The van der Waals surface area contributed by atoms with Crippen molar-refractivity contribution in [3.63, 3.8) is 0 Å². The molecule has 182 valence electrons. The summed E-state index contributed by atoms with van der Waals surface area (Å²) in [5.41, 5.74) is 6.12. The maximum Gasteiger partial charge on any atom is 0.173 e.